The zero-order valence-electron chi connectivity index (χ0n) is 13.8. The second kappa shape index (κ2) is 7.11. The summed E-state index contributed by atoms with van der Waals surface area (Å²) < 4.78 is 40.0. The van der Waals surface area contributed by atoms with Gasteiger partial charge in [-0.15, -0.1) is 11.3 Å². The molecule has 0 bridgehead atoms. The Morgan fingerprint density at radius 2 is 1.84 bits per heavy atom. The first kappa shape index (κ1) is 17.8. The van der Waals surface area contributed by atoms with E-state index in [9.17, 15) is 8.42 Å². The maximum atomic E-state index is 12.6. The molecule has 3 rings (SSSR count). The van der Waals surface area contributed by atoms with Gasteiger partial charge in [-0.1, -0.05) is 11.8 Å². The molecule has 3 aromatic rings. The summed E-state index contributed by atoms with van der Waals surface area (Å²) in [4.78, 5) is 4.54. The highest BCUT2D eigenvalue weighted by Gasteiger charge is 2.17. The number of fused-ring (bicyclic) bond motifs is 1. The van der Waals surface area contributed by atoms with Gasteiger partial charge in [0.15, 0.2) is 15.8 Å². The smallest absolute Gasteiger partial charge is 0.262 e. The highest BCUT2D eigenvalue weighted by Crippen LogP contribution is 2.32. The zero-order chi connectivity index (χ0) is 18.0. The normalized spacial score (nSPS) is 11.5. The molecule has 0 radical (unpaired) electrons. The average Bonchev–Trinajstić information content (AvgIpc) is 3.03. The number of rotatable bonds is 6. The Bertz CT molecular complexity index is 1020. The Kier molecular flexibility index (Phi) is 5.07. The number of methoxy groups -OCH3 is 2. The number of anilines is 1. The van der Waals surface area contributed by atoms with E-state index in [-0.39, 0.29) is 4.90 Å². The summed E-state index contributed by atoms with van der Waals surface area (Å²) in [6.45, 7) is 0. The summed E-state index contributed by atoms with van der Waals surface area (Å²) in [7, 11) is -0.786. The van der Waals surface area contributed by atoms with Gasteiger partial charge >= 0.3 is 0 Å². The Hall–Kier alpha value is -1.97. The Balaban J connectivity index is 1.93. The van der Waals surface area contributed by atoms with Crippen LogP contribution in [-0.4, -0.2) is 33.9 Å². The van der Waals surface area contributed by atoms with E-state index < -0.39 is 10.0 Å². The highest BCUT2D eigenvalue weighted by molar-refractivity contribution is 8.00. The molecule has 0 saturated carbocycles. The molecule has 0 aliphatic rings. The molecule has 0 spiro atoms. The second-order valence-corrected chi connectivity index (χ2v) is 8.76. The lowest BCUT2D eigenvalue weighted by Gasteiger charge is -2.11. The molecule has 0 aliphatic heterocycles. The van der Waals surface area contributed by atoms with E-state index >= 15 is 0 Å². The fraction of sp³-hybridized carbons (Fsp3) is 0.188. The molecule has 1 aromatic heterocycles. The Labute approximate surface area is 154 Å². The zero-order valence-corrected chi connectivity index (χ0v) is 16.2. The van der Waals surface area contributed by atoms with E-state index in [1.165, 1.54) is 37.7 Å². The largest absolute Gasteiger partial charge is 0.493 e. The predicted molar refractivity (Wildman–Crippen MR) is 102 cm³/mol. The molecule has 1 N–H and O–H groups in total. The molecule has 9 heteroatoms. The van der Waals surface area contributed by atoms with Crippen LogP contribution in [0, 0.1) is 0 Å². The predicted octanol–water partition coefficient (Wildman–Crippen LogP) is 3.84. The SMILES string of the molecule is COc1ccc(S(=O)(=O)Nc2ccc3nc(SC)sc3c2)cc1OC. The number of aromatic nitrogens is 1. The summed E-state index contributed by atoms with van der Waals surface area (Å²) in [6.07, 6.45) is 1.96. The standard InChI is InChI=1S/C16H16N2O4S3/c1-21-13-7-5-11(9-14(13)22-2)25(19,20)18-10-4-6-12-15(8-10)24-16(17-12)23-3/h4-9,18H,1-3H3. The van der Waals surface area contributed by atoms with Gasteiger partial charge in [0.25, 0.3) is 10.0 Å². The van der Waals surface area contributed by atoms with Gasteiger partial charge in [-0.3, -0.25) is 4.72 Å². The third-order valence-corrected chi connectivity index (χ3v) is 6.84. The number of hydrogen-bond acceptors (Lipinski definition) is 7. The first-order chi connectivity index (χ1) is 12.0. The number of thiazole rings is 1. The van der Waals surface area contributed by atoms with Crippen molar-refractivity contribution in [1.82, 2.24) is 4.98 Å². The van der Waals surface area contributed by atoms with Crippen LogP contribution in [0.1, 0.15) is 0 Å². The molecule has 0 amide bonds. The Morgan fingerprint density at radius 3 is 2.52 bits per heavy atom. The monoisotopic (exact) mass is 396 g/mol. The van der Waals surface area contributed by atoms with Crippen molar-refractivity contribution < 1.29 is 17.9 Å². The molecule has 2 aromatic carbocycles. The van der Waals surface area contributed by atoms with Crippen LogP contribution in [0.5, 0.6) is 11.5 Å². The number of thioether (sulfide) groups is 1. The molecule has 25 heavy (non-hydrogen) atoms. The number of sulfonamides is 1. The number of benzene rings is 2. The van der Waals surface area contributed by atoms with Crippen molar-refractivity contribution in [3.8, 4) is 11.5 Å². The highest BCUT2D eigenvalue weighted by atomic mass is 32.2. The molecular weight excluding hydrogens is 380 g/mol. The van der Waals surface area contributed by atoms with E-state index in [0.29, 0.717) is 17.2 Å². The molecule has 0 aliphatic carbocycles. The minimum Gasteiger partial charge on any atom is -0.493 e. The summed E-state index contributed by atoms with van der Waals surface area (Å²) >= 11 is 3.09. The van der Waals surface area contributed by atoms with Gasteiger partial charge < -0.3 is 9.47 Å². The summed E-state index contributed by atoms with van der Waals surface area (Å²) in [5.74, 6) is 0.824. The molecule has 0 atom stereocenters. The van der Waals surface area contributed by atoms with Crippen molar-refractivity contribution in [2.45, 2.75) is 9.24 Å². The van der Waals surface area contributed by atoms with Crippen LogP contribution in [0.3, 0.4) is 0 Å². The second-order valence-electron chi connectivity index (χ2n) is 4.99. The van der Waals surface area contributed by atoms with Gasteiger partial charge in [-0.25, -0.2) is 13.4 Å². The van der Waals surface area contributed by atoms with Gasteiger partial charge in [0.05, 0.1) is 35.0 Å². The minimum atomic E-state index is -3.74. The van der Waals surface area contributed by atoms with Crippen molar-refractivity contribution in [3.63, 3.8) is 0 Å². The first-order valence-electron chi connectivity index (χ1n) is 7.16. The molecule has 6 nitrogen and oxygen atoms in total. The van der Waals surface area contributed by atoms with Crippen LogP contribution >= 0.6 is 23.1 Å². The maximum absolute atomic E-state index is 12.6. The van der Waals surface area contributed by atoms with Crippen LogP contribution in [0.4, 0.5) is 5.69 Å². The lowest BCUT2D eigenvalue weighted by molar-refractivity contribution is 0.354. The fourth-order valence-corrected chi connectivity index (χ4v) is 4.85. The van der Waals surface area contributed by atoms with Crippen LogP contribution < -0.4 is 14.2 Å². The summed E-state index contributed by atoms with van der Waals surface area (Å²) in [5.41, 5.74) is 1.34. The van der Waals surface area contributed by atoms with Crippen LogP contribution in [0.2, 0.25) is 0 Å². The molecule has 0 saturated heterocycles. The quantitative estimate of drug-likeness (QED) is 0.638. The number of nitrogens with zero attached hydrogens (tertiary/aromatic N) is 1. The summed E-state index contributed by atoms with van der Waals surface area (Å²) in [6, 6.07) is 9.75. The molecule has 0 unspecified atom stereocenters. The van der Waals surface area contributed by atoms with E-state index in [2.05, 4.69) is 9.71 Å². The number of hydrogen-bond donors (Lipinski definition) is 1. The van der Waals surface area contributed by atoms with E-state index in [1.807, 2.05) is 6.26 Å². The molecule has 132 valence electrons. The molecule has 0 fully saturated rings. The van der Waals surface area contributed by atoms with E-state index in [4.69, 9.17) is 9.47 Å². The maximum Gasteiger partial charge on any atom is 0.262 e. The topological polar surface area (TPSA) is 77.5 Å². The average molecular weight is 397 g/mol. The Morgan fingerprint density at radius 1 is 1.08 bits per heavy atom. The summed E-state index contributed by atoms with van der Waals surface area (Å²) in [5, 5.41) is 0. The van der Waals surface area contributed by atoms with Gasteiger partial charge in [-0.2, -0.15) is 0 Å². The number of ether oxygens (including phenoxy) is 2. The van der Waals surface area contributed by atoms with E-state index in [1.54, 1.807) is 36.0 Å². The van der Waals surface area contributed by atoms with Crippen molar-refractivity contribution in [1.29, 1.82) is 0 Å². The third-order valence-electron chi connectivity index (χ3n) is 3.46. The van der Waals surface area contributed by atoms with Crippen molar-refractivity contribution in [3.05, 3.63) is 36.4 Å². The third kappa shape index (κ3) is 3.68. The van der Waals surface area contributed by atoms with Gasteiger partial charge in [0.2, 0.25) is 0 Å². The van der Waals surface area contributed by atoms with Crippen LogP contribution in [-0.2, 0) is 10.0 Å². The lowest BCUT2D eigenvalue weighted by atomic mass is 10.3. The van der Waals surface area contributed by atoms with Gasteiger partial charge in [0.1, 0.15) is 0 Å². The molecular formula is C16H16N2O4S3. The van der Waals surface area contributed by atoms with Crippen molar-refractivity contribution in [2.75, 3.05) is 25.2 Å². The van der Waals surface area contributed by atoms with Crippen molar-refractivity contribution >= 4 is 49.0 Å². The van der Waals surface area contributed by atoms with Gasteiger partial charge in [0, 0.05) is 6.07 Å². The van der Waals surface area contributed by atoms with Crippen LogP contribution in [0.15, 0.2) is 45.6 Å². The lowest BCUT2D eigenvalue weighted by Crippen LogP contribution is -2.13. The fourth-order valence-electron chi connectivity index (χ4n) is 2.25. The van der Waals surface area contributed by atoms with Crippen LogP contribution in [0.25, 0.3) is 10.2 Å². The van der Waals surface area contributed by atoms with Crippen molar-refractivity contribution in [2.24, 2.45) is 0 Å². The minimum absolute atomic E-state index is 0.0966. The number of nitrogens with one attached hydrogen (secondary N) is 1. The first-order valence-corrected chi connectivity index (χ1v) is 10.7. The van der Waals surface area contributed by atoms with Gasteiger partial charge in [-0.05, 0) is 36.6 Å². The van der Waals surface area contributed by atoms with E-state index in [0.717, 1.165) is 14.6 Å². The molecule has 1 heterocycles.